The van der Waals surface area contributed by atoms with Gasteiger partial charge in [-0.3, -0.25) is 0 Å². The van der Waals surface area contributed by atoms with Crippen LogP contribution in [-0.2, 0) is 9.47 Å². The molecule has 1 aliphatic heterocycles. The smallest absolute Gasteiger partial charge is 0.104 e. The molecule has 0 amide bonds. The Kier molecular flexibility index (Phi) is 3.38. The molecule has 1 saturated heterocycles. The second kappa shape index (κ2) is 4.11. The summed E-state index contributed by atoms with van der Waals surface area (Å²) in [4.78, 5) is 0. The molecule has 0 bridgehead atoms. The van der Waals surface area contributed by atoms with E-state index in [1.165, 1.54) is 6.42 Å². The second-order valence-electron chi connectivity index (χ2n) is 2.73. The van der Waals surface area contributed by atoms with Gasteiger partial charge in [0.05, 0.1) is 22.7 Å². The van der Waals surface area contributed by atoms with Crippen molar-refractivity contribution in [2.45, 2.75) is 31.7 Å². The molecule has 0 aromatic carbocycles. The molecule has 0 N–H and O–H groups in total. The van der Waals surface area contributed by atoms with Crippen LogP contribution in [0.4, 0.5) is 0 Å². The van der Waals surface area contributed by atoms with Crippen molar-refractivity contribution in [1.82, 2.24) is 0 Å². The molecule has 2 atom stereocenters. The third kappa shape index (κ3) is 2.81. The van der Waals surface area contributed by atoms with Gasteiger partial charge in [0, 0.05) is 5.73 Å². The monoisotopic (exact) mass is 160 g/mol. The van der Waals surface area contributed by atoms with Gasteiger partial charge in [0.2, 0.25) is 0 Å². The number of rotatable bonds is 5. The number of epoxide rings is 1. The van der Waals surface area contributed by atoms with Gasteiger partial charge in [-0.2, -0.15) is 0 Å². The highest BCUT2D eigenvalue weighted by molar-refractivity contribution is 6.35. The first kappa shape index (κ1) is 8.24. The first-order valence-corrected chi connectivity index (χ1v) is 6.33. The lowest BCUT2D eigenvalue weighted by Gasteiger charge is -2.11. The Morgan fingerprint density at radius 2 is 2.50 bits per heavy atom. The van der Waals surface area contributed by atoms with Crippen LogP contribution in [-0.4, -0.2) is 34.6 Å². The van der Waals surface area contributed by atoms with E-state index in [4.69, 9.17) is 9.47 Å². The molecule has 0 aromatic heterocycles. The molecule has 1 rings (SSSR count). The molecule has 3 heteroatoms. The fraction of sp³-hybridized carbons (Fsp3) is 1.00. The van der Waals surface area contributed by atoms with E-state index in [1.54, 1.807) is 0 Å². The van der Waals surface area contributed by atoms with E-state index in [0.717, 1.165) is 13.2 Å². The van der Waals surface area contributed by atoms with Gasteiger partial charge < -0.3 is 9.47 Å². The molecule has 1 fully saturated rings. The van der Waals surface area contributed by atoms with Gasteiger partial charge in [-0.15, -0.1) is 0 Å². The van der Waals surface area contributed by atoms with Gasteiger partial charge in [0.15, 0.2) is 0 Å². The Bertz CT molecular complexity index is 89.6. The maximum absolute atomic E-state index is 5.60. The van der Waals surface area contributed by atoms with Crippen molar-refractivity contribution in [2.75, 3.05) is 13.2 Å². The second-order valence-corrected chi connectivity index (χ2v) is 4.45. The Hall–Kier alpha value is 0.137. The fourth-order valence-corrected chi connectivity index (χ4v) is 1.88. The summed E-state index contributed by atoms with van der Waals surface area (Å²) in [6.45, 7) is 6.23. The molecular formula is C7H16O2Si. The maximum atomic E-state index is 5.60. The lowest BCUT2D eigenvalue weighted by molar-refractivity contribution is 0.0879. The first-order chi connectivity index (χ1) is 4.86. The van der Waals surface area contributed by atoms with Crippen molar-refractivity contribution >= 4 is 9.52 Å². The third-order valence-corrected chi connectivity index (χ3v) is 3.55. The zero-order valence-electron chi connectivity index (χ0n) is 6.80. The summed E-state index contributed by atoms with van der Waals surface area (Å²) in [5.41, 5.74) is 0.587. The Morgan fingerprint density at radius 3 is 2.90 bits per heavy atom. The van der Waals surface area contributed by atoms with Crippen molar-refractivity contribution in [3.05, 3.63) is 0 Å². The topological polar surface area (TPSA) is 21.8 Å². The molecule has 2 nitrogen and oxygen atoms in total. The summed E-state index contributed by atoms with van der Waals surface area (Å²) >= 11 is 0. The van der Waals surface area contributed by atoms with E-state index in [2.05, 4.69) is 13.5 Å². The molecule has 1 heterocycles. The molecule has 0 saturated carbocycles. The zero-order chi connectivity index (χ0) is 7.40. The number of ether oxygens (including phenoxy) is 2. The van der Waals surface area contributed by atoms with Crippen LogP contribution in [0.5, 0.6) is 0 Å². The quantitative estimate of drug-likeness (QED) is 0.428. The van der Waals surface area contributed by atoms with Crippen molar-refractivity contribution in [1.29, 1.82) is 0 Å². The zero-order valence-corrected chi connectivity index (χ0v) is 8.21. The highest BCUT2D eigenvalue weighted by Crippen LogP contribution is 2.10. The molecule has 0 aliphatic carbocycles. The first-order valence-electron chi connectivity index (χ1n) is 4.10. The Morgan fingerprint density at radius 1 is 1.80 bits per heavy atom. The van der Waals surface area contributed by atoms with Crippen LogP contribution in [0, 0.1) is 0 Å². The SMILES string of the molecule is CCC(OCC1CO1)[SiH2]C. The molecule has 0 aromatic rings. The molecular weight excluding hydrogens is 144 g/mol. The molecule has 1 aliphatic rings. The van der Waals surface area contributed by atoms with Crippen LogP contribution >= 0.6 is 0 Å². The summed E-state index contributed by atoms with van der Waals surface area (Å²) in [5.74, 6) is 0. The minimum Gasteiger partial charge on any atom is -0.380 e. The van der Waals surface area contributed by atoms with Gasteiger partial charge >= 0.3 is 0 Å². The maximum Gasteiger partial charge on any atom is 0.104 e. The van der Waals surface area contributed by atoms with Crippen molar-refractivity contribution in [3.63, 3.8) is 0 Å². The fourth-order valence-electron chi connectivity index (χ4n) is 0.932. The van der Waals surface area contributed by atoms with Crippen LogP contribution in [0.3, 0.4) is 0 Å². The van der Waals surface area contributed by atoms with Gasteiger partial charge in [-0.05, 0) is 6.42 Å². The average Bonchev–Trinajstić information content (AvgIpc) is 2.74. The summed E-state index contributed by atoms with van der Waals surface area (Å²) in [6.07, 6.45) is 1.62. The van der Waals surface area contributed by atoms with Crippen molar-refractivity contribution in [2.24, 2.45) is 0 Å². The van der Waals surface area contributed by atoms with Crippen LogP contribution in [0.15, 0.2) is 0 Å². The molecule has 0 radical (unpaired) electrons. The van der Waals surface area contributed by atoms with E-state index in [-0.39, 0.29) is 9.52 Å². The van der Waals surface area contributed by atoms with Gasteiger partial charge in [0.1, 0.15) is 6.10 Å². The third-order valence-electron chi connectivity index (χ3n) is 1.83. The van der Waals surface area contributed by atoms with E-state index >= 15 is 0 Å². The normalized spacial score (nSPS) is 27.6. The highest BCUT2D eigenvalue weighted by Gasteiger charge is 2.23. The van der Waals surface area contributed by atoms with Crippen molar-refractivity contribution < 1.29 is 9.47 Å². The summed E-state index contributed by atoms with van der Waals surface area (Å²) in [6, 6.07) is 0. The van der Waals surface area contributed by atoms with E-state index in [1.807, 2.05) is 0 Å². The number of hydrogen-bond donors (Lipinski definition) is 0. The van der Waals surface area contributed by atoms with Crippen molar-refractivity contribution in [3.8, 4) is 0 Å². The largest absolute Gasteiger partial charge is 0.380 e. The predicted octanol–water partition coefficient (Wildman–Crippen LogP) is 0.355. The Balaban J connectivity index is 1.97. The van der Waals surface area contributed by atoms with Gasteiger partial charge in [0.25, 0.3) is 0 Å². The van der Waals surface area contributed by atoms with E-state index < -0.39 is 0 Å². The molecule has 0 spiro atoms. The molecule has 60 valence electrons. The lowest BCUT2D eigenvalue weighted by Crippen LogP contribution is -2.20. The van der Waals surface area contributed by atoms with Gasteiger partial charge in [-0.1, -0.05) is 13.5 Å². The number of hydrogen-bond acceptors (Lipinski definition) is 2. The highest BCUT2D eigenvalue weighted by atomic mass is 28.2. The summed E-state index contributed by atoms with van der Waals surface area (Å²) in [5, 5.41) is 0. The standard InChI is InChI=1S/C7H16O2Si/c1-3-7(10-2)9-5-6-4-8-6/h6-7H,3-5,10H2,1-2H3. The van der Waals surface area contributed by atoms with E-state index in [0.29, 0.717) is 11.8 Å². The summed E-state index contributed by atoms with van der Waals surface area (Å²) in [7, 11) is 0.0350. The predicted molar refractivity (Wildman–Crippen MR) is 44.2 cm³/mol. The van der Waals surface area contributed by atoms with Crippen LogP contribution in [0.25, 0.3) is 0 Å². The Labute approximate surface area is 64.7 Å². The van der Waals surface area contributed by atoms with Crippen LogP contribution in [0.1, 0.15) is 13.3 Å². The molecule has 2 unspecified atom stereocenters. The minimum absolute atomic E-state index is 0.0350. The minimum atomic E-state index is 0.0350. The van der Waals surface area contributed by atoms with Crippen LogP contribution < -0.4 is 0 Å². The molecule has 10 heavy (non-hydrogen) atoms. The average molecular weight is 160 g/mol. The van der Waals surface area contributed by atoms with E-state index in [9.17, 15) is 0 Å². The lowest BCUT2D eigenvalue weighted by atomic mass is 10.5. The van der Waals surface area contributed by atoms with Crippen LogP contribution in [0.2, 0.25) is 6.55 Å². The van der Waals surface area contributed by atoms with Gasteiger partial charge in [-0.25, -0.2) is 0 Å². The summed E-state index contributed by atoms with van der Waals surface area (Å²) < 4.78 is 10.6.